The number of nitrogens with zero attached hydrogens (tertiary/aromatic N) is 1. The fourth-order valence-electron chi connectivity index (χ4n) is 2.37. The molecule has 1 aromatic rings. The summed E-state index contributed by atoms with van der Waals surface area (Å²) in [6.07, 6.45) is 0.941. The van der Waals surface area contributed by atoms with Crippen LogP contribution in [0.5, 0.6) is 5.75 Å². The van der Waals surface area contributed by atoms with E-state index in [1.165, 1.54) is 5.56 Å². The number of hydrogen-bond donors (Lipinski definition) is 0. The van der Waals surface area contributed by atoms with Crippen molar-refractivity contribution in [1.29, 1.82) is 0 Å². The molecule has 0 bridgehead atoms. The van der Waals surface area contributed by atoms with Crippen LogP contribution in [0.25, 0.3) is 0 Å². The molecule has 2 rings (SSSR count). The van der Waals surface area contributed by atoms with E-state index in [0.717, 1.165) is 25.3 Å². The number of likely N-dealkylation sites (tertiary alicyclic amines) is 1. The van der Waals surface area contributed by atoms with Crippen LogP contribution in [0.4, 0.5) is 0 Å². The molecule has 0 N–H and O–H groups in total. The maximum absolute atomic E-state index is 12.0. The molecular weight excluding hydrogens is 238 g/mol. The van der Waals surface area contributed by atoms with E-state index in [1.807, 2.05) is 32.9 Å². The second-order valence-electron chi connectivity index (χ2n) is 5.85. The first-order valence-corrected chi connectivity index (χ1v) is 6.98. The average Bonchev–Trinajstić information content (AvgIpc) is 2.35. The minimum absolute atomic E-state index is 0.149. The van der Waals surface area contributed by atoms with Crippen LogP contribution in [0.3, 0.4) is 0 Å². The van der Waals surface area contributed by atoms with E-state index in [-0.39, 0.29) is 5.41 Å². The van der Waals surface area contributed by atoms with Gasteiger partial charge in [-0.25, -0.2) is 0 Å². The molecule has 0 radical (unpaired) electrons. The Morgan fingerprint density at radius 1 is 1.37 bits per heavy atom. The first kappa shape index (κ1) is 14.1. The van der Waals surface area contributed by atoms with E-state index in [1.54, 1.807) is 0 Å². The summed E-state index contributed by atoms with van der Waals surface area (Å²) in [4.78, 5) is 14.2. The molecule has 3 nitrogen and oxygen atoms in total. The molecule has 0 atom stereocenters. The third-order valence-electron chi connectivity index (χ3n) is 3.79. The molecular formula is C16H23NO2. The van der Waals surface area contributed by atoms with Crippen molar-refractivity contribution in [3.8, 4) is 5.75 Å². The van der Waals surface area contributed by atoms with Crippen molar-refractivity contribution in [2.75, 3.05) is 19.7 Å². The normalized spacial score (nSPS) is 19.4. The standard InChI is InChI=1S/C16H23NO2/c1-4-19-14-7-5-6-13(10-14)11-17-9-8-16(2,3)15(18)12-17/h5-7,10H,4,8-9,11-12H2,1-3H3. The highest BCUT2D eigenvalue weighted by atomic mass is 16.5. The quantitative estimate of drug-likeness (QED) is 0.834. The lowest BCUT2D eigenvalue weighted by molar-refractivity contribution is -0.132. The molecule has 3 heteroatoms. The molecule has 1 aliphatic rings. The fourth-order valence-corrected chi connectivity index (χ4v) is 2.37. The van der Waals surface area contributed by atoms with Crippen molar-refractivity contribution in [1.82, 2.24) is 4.90 Å². The molecule has 0 amide bonds. The zero-order valence-corrected chi connectivity index (χ0v) is 12.1. The van der Waals surface area contributed by atoms with Crippen LogP contribution in [-0.2, 0) is 11.3 Å². The highest BCUT2D eigenvalue weighted by Crippen LogP contribution is 2.27. The summed E-state index contributed by atoms with van der Waals surface area (Å²) >= 11 is 0. The van der Waals surface area contributed by atoms with E-state index >= 15 is 0 Å². The van der Waals surface area contributed by atoms with Crippen molar-refractivity contribution in [2.24, 2.45) is 5.41 Å². The number of ketones is 1. The monoisotopic (exact) mass is 261 g/mol. The van der Waals surface area contributed by atoms with Gasteiger partial charge in [0.15, 0.2) is 5.78 Å². The smallest absolute Gasteiger partial charge is 0.152 e. The Morgan fingerprint density at radius 3 is 2.84 bits per heavy atom. The molecule has 0 spiro atoms. The van der Waals surface area contributed by atoms with E-state index < -0.39 is 0 Å². The number of rotatable bonds is 4. The molecule has 1 aliphatic heterocycles. The van der Waals surface area contributed by atoms with Gasteiger partial charge >= 0.3 is 0 Å². The Kier molecular flexibility index (Phi) is 4.25. The summed E-state index contributed by atoms with van der Waals surface area (Å²) in [6.45, 7) is 9.12. The Labute approximate surface area is 115 Å². The topological polar surface area (TPSA) is 29.5 Å². The van der Waals surface area contributed by atoms with Gasteiger partial charge in [-0.15, -0.1) is 0 Å². The average molecular weight is 261 g/mol. The largest absolute Gasteiger partial charge is 0.494 e. The van der Waals surface area contributed by atoms with Gasteiger partial charge in [-0.1, -0.05) is 26.0 Å². The summed E-state index contributed by atoms with van der Waals surface area (Å²) in [5.41, 5.74) is 1.06. The van der Waals surface area contributed by atoms with Gasteiger partial charge in [0, 0.05) is 12.0 Å². The van der Waals surface area contributed by atoms with Crippen LogP contribution >= 0.6 is 0 Å². The van der Waals surface area contributed by atoms with E-state index in [2.05, 4.69) is 17.0 Å². The molecule has 0 aromatic heterocycles. The molecule has 1 saturated heterocycles. The molecule has 1 heterocycles. The lowest BCUT2D eigenvalue weighted by Crippen LogP contribution is -2.44. The third kappa shape index (κ3) is 3.57. The number of carbonyl (C=O) groups excluding carboxylic acids is 1. The van der Waals surface area contributed by atoms with Gasteiger partial charge in [0.1, 0.15) is 5.75 Å². The lowest BCUT2D eigenvalue weighted by Gasteiger charge is -2.35. The summed E-state index contributed by atoms with van der Waals surface area (Å²) in [7, 11) is 0. The fraction of sp³-hybridized carbons (Fsp3) is 0.562. The predicted octanol–water partition coefficient (Wildman–Crippen LogP) is 2.89. The van der Waals surface area contributed by atoms with Crippen LogP contribution in [-0.4, -0.2) is 30.4 Å². The first-order valence-electron chi connectivity index (χ1n) is 6.98. The maximum Gasteiger partial charge on any atom is 0.152 e. The summed E-state index contributed by atoms with van der Waals surface area (Å²) in [6, 6.07) is 8.13. The minimum Gasteiger partial charge on any atom is -0.494 e. The zero-order chi connectivity index (χ0) is 13.9. The van der Waals surface area contributed by atoms with Gasteiger partial charge in [-0.05, 0) is 37.6 Å². The molecule has 1 aromatic carbocycles. The number of piperidine rings is 1. The van der Waals surface area contributed by atoms with Crippen LogP contribution in [0.2, 0.25) is 0 Å². The highest BCUT2D eigenvalue weighted by Gasteiger charge is 2.33. The Hall–Kier alpha value is -1.35. The van der Waals surface area contributed by atoms with Crippen molar-refractivity contribution >= 4 is 5.78 Å². The van der Waals surface area contributed by atoms with E-state index in [4.69, 9.17) is 4.74 Å². The van der Waals surface area contributed by atoms with Gasteiger partial charge in [-0.3, -0.25) is 9.69 Å². The number of Topliss-reactive ketones (excluding diaryl/α,β-unsaturated/α-hetero) is 1. The van der Waals surface area contributed by atoms with Crippen molar-refractivity contribution < 1.29 is 9.53 Å². The van der Waals surface area contributed by atoms with Gasteiger partial charge < -0.3 is 4.74 Å². The van der Waals surface area contributed by atoms with Crippen LogP contribution < -0.4 is 4.74 Å². The van der Waals surface area contributed by atoms with Gasteiger partial charge in [0.25, 0.3) is 0 Å². The number of ether oxygens (including phenoxy) is 1. The summed E-state index contributed by atoms with van der Waals surface area (Å²) in [5, 5.41) is 0. The Balaban J connectivity index is 1.98. The second kappa shape index (κ2) is 5.74. The van der Waals surface area contributed by atoms with E-state index in [9.17, 15) is 4.79 Å². The van der Waals surface area contributed by atoms with Crippen molar-refractivity contribution in [2.45, 2.75) is 33.7 Å². The maximum atomic E-state index is 12.0. The first-order chi connectivity index (χ1) is 9.01. The summed E-state index contributed by atoms with van der Waals surface area (Å²) in [5.74, 6) is 1.25. The predicted molar refractivity (Wildman–Crippen MR) is 76.3 cm³/mol. The highest BCUT2D eigenvalue weighted by molar-refractivity contribution is 5.86. The van der Waals surface area contributed by atoms with Gasteiger partial charge in [-0.2, -0.15) is 0 Å². The molecule has 0 saturated carbocycles. The van der Waals surface area contributed by atoms with Gasteiger partial charge in [0.2, 0.25) is 0 Å². The molecule has 0 unspecified atom stereocenters. The summed E-state index contributed by atoms with van der Waals surface area (Å²) < 4.78 is 5.50. The molecule has 19 heavy (non-hydrogen) atoms. The van der Waals surface area contributed by atoms with Crippen LogP contribution in [0, 0.1) is 5.41 Å². The SMILES string of the molecule is CCOc1cccc(CN2CCC(C)(C)C(=O)C2)c1. The van der Waals surface area contributed by atoms with Crippen LogP contribution in [0.15, 0.2) is 24.3 Å². The van der Waals surface area contributed by atoms with Crippen LogP contribution in [0.1, 0.15) is 32.8 Å². The van der Waals surface area contributed by atoms with E-state index in [0.29, 0.717) is 18.9 Å². The van der Waals surface area contributed by atoms with Crippen molar-refractivity contribution in [3.05, 3.63) is 29.8 Å². The second-order valence-corrected chi connectivity index (χ2v) is 5.85. The number of hydrogen-bond acceptors (Lipinski definition) is 3. The Morgan fingerprint density at radius 2 is 2.16 bits per heavy atom. The third-order valence-corrected chi connectivity index (χ3v) is 3.79. The van der Waals surface area contributed by atoms with Gasteiger partial charge in [0.05, 0.1) is 13.2 Å². The molecule has 0 aliphatic carbocycles. The molecule has 104 valence electrons. The molecule has 1 fully saturated rings. The Bertz CT molecular complexity index is 454. The lowest BCUT2D eigenvalue weighted by atomic mass is 9.81. The zero-order valence-electron chi connectivity index (χ0n) is 12.1. The van der Waals surface area contributed by atoms with Crippen molar-refractivity contribution in [3.63, 3.8) is 0 Å². The number of carbonyl (C=O) groups is 1. The minimum atomic E-state index is -0.149. The number of benzene rings is 1.